The van der Waals surface area contributed by atoms with Crippen LogP contribution < -0.4 is 10.6 Å². The molecule has 4 amide bonds. The van der Waals surface area contributed by atoms with E-state index in [1.54, 1.807) is 14.1 Å². The number of carbonyl (C=O) groups is 4. The number of hydrogen-bond acceptors (Lipinski definition) is 5. The maximum Gasteiger partial charge on any atom is 0.242 e. The standard InChI is InChI=1S/C16H25N3O4S/c1-17-13(20)9-24-12-7-14(21)19(16(12)23)8-10-3-5-11(6-4-10)15(22)18-2/h10-12H,3-9H2,1-2H3,(H,17,20)(H,18,22). The van der Waals surface area contributed by atoms with Crippen LogP contribution in [0.25, 0.3) is 0 Å². The number of rotatable bonds is 6. The molecule has 7 nitrogen and oxygen atoms in total. The molecule has 1 heterocycles. The van der Waals surface area contributed by atoms with Crippen molar-refractivity contribution in [2.24, 2.45) is 11.8 Å². The van der Waals surface area contributed by atoms with Crippen molar-refractivity contribution in [3.63, 3.8) is 0 Å². The molecule has 1 saturated carbocycles. The number of thioether (sulfide) groups is 1. The van der Waals surface area contributed by atoms with Gasteiger partial charge in [0, 0.05) is 33.0 Å². The molecular formula is C16H25N3O4S. The summed E-state index contributed by atoms with van der Waals surface area (Å²) in [7, 11) is 3.19. The fourth-order valence-corrected chi connectivity index (χ4v) is 4.32. The van der Waals surface area contributed by atoms with Crippen molar-refractivity contribution >= 4 is 35.4 Å². The summed E-state index contributed by atoms with van der Waals surface area (Å²) in [5.41, 5.74) is 0. The van der Waals surface area contributed by atoms with Crippen LogP contribution in [0.3, 0.4) is 0 Å². The lowest BCUT2D eigenvalue weighted by Gasteiger charge is -2.29. The summed E-state index contributed by atoms with van der Waals surface area (Å²) in [6.45, 7) is 0.440. The molecule has 2 aliphatic rings. The SMILES string of the molecule is CNC(=O)CSC1CC(=O)N(CC2CCC(C(=O)NC)CC2)C1=O. The van der Waals surface area contributed by atoms with Crippen LogP contribution in [0.5, 0.6) is 0 Å². The van der Waals surface area contributed by atoms with Crippen molar-refractivity contribution in [3.05, 3.63) is 0 Å². The average Bonchev–Trinajstić information content (AvgIpc) is 2.87. The highest BCUT2D eigenvalue weighted by atomic mass is 32.2. The Hall–Kier alpha value is -1.57. The van der Waals surface area contributed by atoms with E-state index in [0.29, 0.717) is 6.54 Å². The second-order valence-corrected chi connectivity index (χ2v) is 7.54. The van der Waals surface area contributed by atoms with Crippen LogP contribution in [0, 0.1) is 11.8 Å². The van der Waals surface area contributed by atoms with Gasteiger partial charge in [-0.25, -0.2) is 0 Å². The number of nitrogens with zero attached hydrogens (tertiary/aromatic N) is 1. The molecule has 0 radical (unpaired) electrons. The molecule has 2 N–H and O–H groups in total. The lowest BCUT2D eigenvalue weighted by atomic mass is 9.81. The summed E-state index contributed by atoms with van der Waals surface area (Å²) in [5.74, 6) is 0.100. The van der Waals surface area contributed by atoms with Crippen LogP contribution in [-0.4, -0.2) is 60.2 Å². The minimum atomic E-state index is -0.447. The van der Waals surface area contributed by atoms with Crippen molar-refractivity contribution in [1.29, 1.82) is 0 Å². The molecule has 1 saturated heterocycles. The average molecular weight is 355 g/mol. The zero-order valence-electron chi connectivity index (χ0n) is 14.2. The van der Waals surface area contributed by atoms with Crippen LogP contribution in [0.1, 0.15) is 32.1 Å². The van der Waals surface area contributed by atoms with E-state index in [1.165, 1.54) is 16.7 Å². The molecule has 0 aromatic rings. The van der Waals surface area contributed by atoms with Crippen LogP contribution >= 0.6 is 11.8 Å². The first-order valence-corrected chi connectivity index (χ1v) is 9.39. The van der Waals surface area contributed by atoms with E-state index in [0.717, 1.165) is 25.7 Å². The minimum absolute atomic E-state index is 0.0482. The second kappa shape index (κ2) is 8.50. The fourth-order valence-electron chi connectivity index (χ4n) is 3.29. The summed E-state index contributed by atoms with van der Waals surface area (Å²) in [6.07, 6.45) is 3.48. The summed E-state index contributed by atoms with van der Waals surface area (Å²) in [6, 6.07) is 0. The molecule has 2 fully saturated rings. The molecule has 0 bridgehead atoms. The van der Waals surface area contributed by atoms with Gasteiger partial charge < -0.3 is 10.6 Å². The van der Waals surface area contributed by atoms with E-state index in [9.17, 15) is 19.2 Å². The number of amides is 4. The summed E-state index contributed by atoms with van der Waals surface area (Å²) in [5, 5.41) is 4.74. The third-order valence-corrected chi connectivity index (χ3v) is 6.00. The van der Waals surface area contributed by atoms with Gasteiger partial charge in [0.1, 0.15) is 0 Å². The van der Waals surface area contributed by atoms with Gasteiger partial charge in [-0.3, -0.25) is 24.1 Å². The number of carbonyl (C=O) groups excluding carboxylic acids is 4. The monoisotopic (exact) mass is 355 g/mol. The van der Waals surface area contributed by atoms with Gasteiger partial charge in [-0.2, -0.15) is 0 Å². The van der Waals surface area contributed by atoms with Gasteiger partial charge in [0.25, 0.3) is 0 Å². The van der Waals surface area contributed by atoms with Gasteiger partial charge in [-0.15, -0.1) is 11.8 Å². The Morgan fingerprint density at radius 3 is 2.38 bits per heavy atom. The predicted octanol–water partition coefficient (Wildman–Crippen LogP) is 0.146. The van der Waals surface area contributed by atoms with Gasteiger partial charge >= 0.3 is 0 Å². The molecular weight excluding hydrogens is 330 g/mol. The Balaban J connectivity index is 1.82. The highest BCUT2D eigenvalue weighted by Gasteiger charge is 2.40. The van der Waals surface area contributed by atoms with Crippen LogP contribution in [0.2, 0.25) is 0 Å². The highest BCUT2D eigenvalue weighted by Crippen LogP contribution is 2.32. The van der Waals surface area contributed by atoms with Gasteiger partial charge in [-0.1, -0.05) is 0 Å². The lowest BCUT2D eigenvalue weighted by molar-refractivity contribution is -0.139. The van der Waals surface area contributed by atoms with Crippen molar-refractivity contribution in [3.8, 4) is 0 Å². The second-order valence-electron chi connectivity index (χ2n) is 6.35. The first-order chi connectivity index (χ1) is 11.5. The number of likely N-dealkylation sites (tertiary alicyclic amines) is 1. The Kier molecular flexibility index (Phi) is 6.65. The van der Waals surface area contributed by atoms with Crippen molar-refractivity contribution < 1.29 is 19.2 Å². The third-order valence-electron chi connectivity index (χ3n) is 4.80. The third kappa shape index (κ3) is 4.49. The Bertz CT molecular complexity index is 517. The maximum atomic E-state index is 12.4. The van der Waals surface area contributed by atoms with E-state index in [2.05, 4.69) is 10.6 Å². The van der Waals surface area contributed by atoms with Crippen LogP contribution in [-0.2, 0) is 19.2 Å². The van der Waals surface area contributed by atoms with E-state index in [1.807, 2.05) is 0 Å². The Morgan fingerprint density at radius 1 is 1.12 bits per heavy atom. The Morgan fingerprint density at radius 2 is 1.79 bits per heavy atom. The molecule has 1 aliphatic carbocycles. The zero-order valence-corrected chi connectivity index (χ0v) is 15.0. The molecule has 0 aromatic carbocycles. The van der Waals surface area contributed by atoms with Gasteiger partial charge in [-0.05, 0) is 31.6 Å². The molecule has 1 atom stereocenters. The van der Waals surface area contributed by atoms with Gasteiger partial charge in [0.15, 0.2) is 0 Å². The zero-order chi connectivity index (χ0) is 17.7. The number of hydrogen-bond donors (Lipinski definition) is 2. The smallest absolute Gasteiger partial charge is 0.242 e. The molecule has 1 unspecified atom stereocenters. The first kappa shape index (κ1) is 18.8. The van der Waals surface area contributed by atoms with Gasteiger partial charge in [0.2, 0.25) is 23.6 Å². The molecule has 1 aliphatic heterocycles. The predicted molar refractivity (Wildman–Crippen MR) is 91.2 cm³/mol. The molecule has 24 heavy (non-hydrogen) atoms. The lowest BCUT2D eigenvalue weighted by Crippen LogP contribution is -2.38. The summed E-state index contributed by atoms with van der Waals surface area (Å²) < 4.78 is 0. The van der Waals surface area contributed by atoms with E-state index >= 15 is 0 Å². The number of imide groups is 1. The van der Waals surface area contributed by atoms with Crippen LogP contribution in [0.15, 0.2) is 0 Å². The molecule has 134 valence electrons. The number of nitrogens with one attached hydrogen (secondary N) is 2. The summed E-state index contributed by atoms with van der Waals surface area (Å²) >= 11 is 1.22. The minimum Gasteiger partial charge on any atom is -0.359 e. The normalized spacial score (nSPS) is 27.2. The quantitative estimate of drug-likeness (QED) is 0.661. The molecule has 2 rings (SSSR count). The molecule has 0 spiro atoms. The van der Waals surface area contributed by atoms with E-state index in [-0.39, 0.29) is 47.6 Å². The van der Waals surface area contributed by atoms with Crippen molar-refractivity contribution in [2.45, 2.75) is 37.4 Å². The largest absolute Gasteiger partial charge is 0.359 e. The topological polar surface area (TPSA) is 95.6 Å². The maximum absolute atomic E-state index is 12.4. The molecule has 8 heteroatoms. The van der Waals surface area contributed by atoms with Crippen molar-refractivity contribution in [2.75, 3.05) is 26.4 Å². The van der Waals surface area contributed by atoms with Crippen LogP contribution in [0.4, 0.5) is 0 Å². The Labute approximate surface area is 146 Å². The molecule has 0 aromatic heterocycles. The fraction of sp³-hybridized carbons (Fsp3) is 0.750. The van der Waals surface area contributed by atoms with Gasteiger partial charge in [0.05, 0.1) is 11.0 Å². The van der Waals surface area contributed by atoms with Crippen molar-refractivity contribution in [1.82, 2.24) is 15.5 Å². The summed E-state index contributed by atoms with van der Waals surface area (Å²) in [4.78, 5) is 48.8. The first-order valence-electron chi connectivity index (χ1n) is 8.34. The van der Waals surface area contributed by atoms with E-state index in [4.69, 9.17) is 0 Å². The van der Waals surface area contributed by atoms with E-state index < -0.39 is 5.25 Å². The highest BCUT2D eigenvalue weighted by molar-refractivity contribution is 8.01.